The third-order valence-corrected chi connectivity index (χ3v) is 0.968. The molecule has 0 aliphatic carbocycles. The maximum Gasteiger partial charge on any atom is 0.214 e. The van der Waals surface area contributed by atoms with Crippen LogP contribution in [0.25, 0.3) is 0 Å². The van der Waals surface area contributed by atoms with Gasteiger partial charge < -0.3 is 0 Å². The highest BCUT2D eigenvalue weighted by Gasteiger charge is 1.96. The van der Waals surface area contributed by atoms with Gasteiger partial charge in [-0.3, -0.25) is 0 Å². The van der Waals surface area contributed by atoms with Crippen LogP contribution in [0.4, 0.5) is 0 Å². The zero-order valence-electron chi connectivity index (χ0n) is 5.17. The molecule has 1 heterocycles. The van der Waals surface area contributed by atoms with Gasteiger partial charge in [0.15, 0.2) is 0 Å². The molecule has 4 heteroatoms. The topological polar surface area (TPSA) is 36.9 Å². The predicted octanol–water partition coefficient (Wildman–Crippen LogP) is 0.634. The van der Waals surface area contributed by atoms with Crippen LogP contribution >= 0.6 is 0 Å². The molecule has 1 aliphatic heterocycles. The van der Waals surface area contributed by atoms with Crippen LogP contribution in [0.15, 0.2) is 0 Å². The van der Waals surface area contributed by atoms with E-state index in [0.29, 0.717) is 13.2 Å². The molecule has 0 N–H and O–H groups in total. The zero-order chi connectivity index (χ0) is 6.36. The summed E-state index contributed by atoms with van der Waals surface area (Å²) in [6.07, 6.45) is 1.90. The molecule has 0 aromatic rings. The molecular weight excluding hydrogens is 124 g/mol. The Labute approximate surface area is 53.5 Å². The second kappa shape index (κ2) is 4.69. The van der Waals surface area contributed by atoms with Crippen LogP contribution in [-0.2, 0) is 19.6 Å². The van der Waals surface area contributed by atoms with E-state index < -0.39 is 0 Å². The fourth-order valence-corrected chi connectivity index (χ4v) is 0.528. The molecule has 1 aliphatic rings. The monoisotopic (exact) mass is 134 g/mol. The fraction of sp³-hybridized carbons (Fsp3) is 1.00. The Kier molecular flexibility index (Phi) is 3.63. The number of hydrogen-bond acceptors (Lipinski definition) is 4. The van der Waals surface area contributed by atoms with Gasteiger partial charge in [-0.15, -0.1) is 0 Å². The Balaban J connectivity index is 2.02. The van der Waals surface area contributed by atoms with Gasteiger partial charge in [-0.05, 0) is 12.8 Å². The van der Waals surface area contributed by atoms with Crippen molar-refractivity contribution in [3.8, 4) is 0 Å². The Morgan fingerprint density at radius 3 is 1.78 bits per heavy atom. The first-order chi connectivity index (χ1) is 4.50. The molecule has 1 rings (SSSR count). The van der Waals surface area contributed by atoms with Crippen LogP contribution in [0.5, 0.6) is 0 Å². The third-order valence-electron chi connectivity index (χ3n) is 0.968. The lowest BCUT2D eigenvalue weighted by atomic mass is 10.3. The minimum Gasteiger partial charge on any atom is -0.234 e. The van der Waals surface area contributed by atoms with E-state index in [4.69, 9.17) is 0 Å². The van der Waals surface area contributed by atoms with Gasteiger partial charge in [0.25, 0.3) is 0 Å². The van der Waals surface area contributed by atoms with Crippen LogP contribution in [0, 0.1) is 0 Å². The van der Waals surface area contributed by atoms with Crippen molar-refractivity contribution in [2.75, 3.05) is 20.0 Å². The van der Waals surface area contributed by atoms with Crippen LogP contribution in [-0.4, -0.2) is 20.0 Å². The smallest absolute Gasteiger partial charge is 0.214 e. The summed E-state index contributed by atoms with van der Waals surface area (Å²) in [4.78, 5) is 18.3. The predicted molar refractivity (Wildman–Crippen MR) is 28.2 cm³/mol. The van der Waals surface area contributed by atoms with Gasteiger partial charge in [0.2, 0.25) is 6.79 Å². The standard InChI is InChI=1S/C5H10O4/c1-2-4-7-9-5-8-6-3-1/h1-5H2. The molecule has 0 saturated carbocycles. The van der Waals surface area contributed by atoms with Crippen molar-refractivity contribution in [1.82, 2.24) is 0 Å². The van der Waals surface area contributed by atoms with Crippen molar-refractivity contribution in [2.24, 2.45) is 0 Å². The van der Waals surface area contributed by atoms with Crippen molar-refractivity contribution >= 4 is 0 Å². The molecule has 0 unspecified atom stereocenters. The Morgan fingerprint density at radius 2 is 1.22 bits per heavy atom. The maximum atomic E-state index is 4.65. The van der Waals surface area contributed by atoms with E-state index in [-0.39, 0.29) is 6.79 Å². The summed E-state index contributed by atoms with van der Waals surface area (Å²) in [6.45, 7) is 1.29. The molecule has 1 fully saturated rings. The molecular formula is C5H10O4. The summed E-state index contributed by atoms with van der Waals surface area (Å²) in [5.74, 6) is 0. The first kappa shape index (κ1) is 6.95. The van der Waals surface area contributed by atoms with Gasteiger partial charge in [0, 0.05) is 0 Å². The second-order valence-corrected chi connectivity index (χ2v) is 1.70. The van der Waals surface area contributed by atoms with Crippen molar-refractivity contribution < 1.29 is 19.6 Å². The molecule has 9 heavy (non-hydrogen) atoms. The number of rotatable bonds is 0. The van der Waals surface area contributed by atoms with E-state index in [1.165, 1.54) is 0 Å². The quantitative estimate of drug-likeness (QED) is 0.455. The van der Waals surface area contributed by atoms with Crippen LogP contribution < -0.4 is 0 Å². The first-order valence-corrected chi connectivity index (χ1v) is 2.99. The van der Waals surface area contributed by atoms with Gasteiger partial charge in [0.1, 0.15) is 0 Å². The van der Waals surface area contributed by atoms with Crippen molar-refractivity contribution in [1.29, 1.82) is 0 Å². The summed E-state index contributed by atoms with van der Waals surface area (Å²) in [6, 6.07) is 0. The molecule has 0 amide bonds. The number of hydrogen-bond donors (Lipinski definition) is 0. The normalized spacial score (nSPS) is 24.0. The summed E-state index contributed by atoms with van der Waals surface area (Å²) in [7, 11) is 0. The lowest BCUT2D eigenvalue weighted by Crippen LogP contribution is -1.99. The summed E-state index contributed by atoms with van der Waals surface area (Å²) >= 11 is 0. The molecule has 0 spiro atoms. The lowest BCUT2D eigenvalue weighted by Gasteiger charge is -1.98. The summed E-state index contributed by atoms with van der Waals surface area (Å²) in [5, 5.41) is 0. The highest BCUT2D eigenvalue weighted by molar-refractivity contribution is 4.33. The summed E-state index contributed by atoms with van der Waals surface area (Å²) in [5.41, 5.74) is 0. The first-order valence-electron chi connectivity index (χ1n) is 2.99. The molecule has 0 atom stereocenters. The lowest BCUT2D eigenvalue weighted by molar-refractivity contribution is -0.412. The van der Waals surface area contributed by atoms with Crippen LogP contribution in [0.3, 0.4) is 0 Å². The Hall–Kier alpha value is -0.160. The fourth-order valence-electron chi connectivity index (χ4n) is 0.528. The minimum absolute atomic E-state index is 0.0556. The average molecular weight is 134 g/mol. The SMILES string of the molecule is C1CCOOCOOC1. The Bertz CT molecular complexity index is 37.4. The van der Waals surface area contributed by atoms with Gasteiger partial charge in [0.05, 0.1) is 13.2 Å². The molecule has 54 valence electrons. The van der Waals surface area contributed by atoms with E-state index in [2.05, 4.69) is 19.6 Å². The maximum absolute atomic E-state index is 4.65. The van der Waals surface area contributed by atoms with Gasteiger partial charge >= 0.3 is 0 Å². The van der Waals surface area contributed by atoms with E-state index in [0.717, 1.165) is 12.8 Å². The molecule has 1 saturated heterocycles. The average Bonchev–Trinajstić information content (AvgIpc) is 2.00. The zero-order valence-corrected chi connectivity index (χ0v) is 5.17. The Morgan fingerprint density at radius 1 is 0.667 bits per heavy atom. The minimum atomic E-state index is 0.0556. The largest absolute Gasteiger partial charge is 0.234 e. The van der Waals surface area contributed by atoms with Gasteiger partial charge in [-0.25, -0.2) is 19.6 Å². The van der Waals surface area contributed by atoms with Crippen molar-refractivity contribution in [3.63, 3.8) is 0 Å². The van der Waals surface area contributed by atoms with E-state index in [9.17, 15) is 0 Å². The summed E-state index contributed by atoms with van der Waals surface area (Å²) < 4.78 is 0. The van der Waals surface area contributed by atoms with Crippen LogP contribution in [0.1, 0.15) is 12.8 Å². The molecule has 4 nitrogen and oxygen atoms in total. The second-order valence-electron chi connectivity index (χ2n) is 1.70. The highest BCUT2D eigenvalue weighted by atomic mass is 17.3. The highest BCUT2D eigenvalue weighted by Crippen LogP contribution is 1.95. The van der Waals surface area contributed by atoms with E-state index in [1.807, 2.05) is 0 Å². The molecule has 0 radical (unpaired) electrons. The van der Waals surface area contributed by atoms with Crippen molar-refractivity contribution in [3.05, 3.63) is 0 Å². The van der Waals surface area contributed by atoms with E-state index in [1.54, 1.807) is 0 Å². The van der Waals surface area contributed by atoms with Crippen molar-refractivity contribution in [2.45, 2.75) is 12.8 Å². The molecule has 0 aromatic carbocycles. The van der Waals surface area contributed by atoms with Gasteiger partial charge in [-0.2, -0.15) is 0 Å². The molecule has 0 aromatic heterocycles. The van der Waals surface area contributed by atoms with Crippen LogP contribution in [0.2, 0.25) is 0 Å². The third kappa shape index (κ3) is 3.42. The van der Waals surface area contributed by atoms with Gasteiger partial charge in [-0.1, -0.05) is 0 Å². The molecule has 0 bridgehead atoms. The van der Waals surface area contributed by atoms with E-state index >= 15 is 0 Å².